The van der Waals surface area contributed by atoms with Crippen LogP contribution < -0.4 is 10.5 Å². The van der Waals surface area contributed by atoms with Crippen LogP contribution in [0.25, 0.3) is 0 Å². The highest BCUT2D eigenvalue weighted by atomic mass is 16.5. The highest BCUT2D eigenvalue weighted by molar-refractivity contribution is 5.64. The molecule has 2 heterocycles. The molecule has 0 unspecified atom stereocenters. The molecule has 2 aliphatic rings. The second kappa shape index (κ2) is 8.10. The fourth-order valence-electron chi connectivity index (χ4n) is 3.99. The SMILES string of the molecule is CC(C)N(c1ccc2c(c1)CN(CCOC1CC1)CC2)c1ccc(=O)n(C)c1. The maximum Gasteiger partial charge on any atom is 0.250 e. The van der Waals surface area contributed by atoms with Crippen LogP contribution >= 0.6 is 0 Å². The zero-order valence-corrected chi connectivity index (χ0v) is 17.2. The van der Waals surface area contributed by atoms with Crippen molar-refractivity contribution in [3.63, 3.8) is 0 Å². The van der Waals surface area contributed by atoms with Gasteiger partial charge in [-0.3, -0.25) is 9.69 Å². The van der Waals surface area contributed by atoms with E-state index < -0.39 is 0 Å². The van der Waals surface area contributed by atoms with Crippen molar-refractivity contribution < 1.29 is 4.74 Å². The van der Waals surface area contributed by atoms with E-state index in [-0.39, 0.29) is 5.56 Å². The Morgan fingerprint density at radius 3 is 2.64 bits per heavy atom. The predicted molar refractivity (Wildman–Crippen MR) is 113 cm³/mol. The molecule has 0 saturated heterocycles. The summed E-state index contributed by atoms with van der Waals surface area (Å²) in [6.45, 7) is 8.31. The van der Waals surface area contributed by atoms with Gasteiger partial charge < -0.3 is 14.2 Å². The molecule has 0 atom stereocenters. The molecule has 0 N–H and O–H groups in total. The van der Waals surface area contributed by atoms with Gasteiger partial charge in [-0.25, -0.2) is 0 Å². The third-order valence-electron chi connectivity index (χ3n) is 5.71. The lowest BCUT2D eigenvalue weighted by Gasteiger charge is -2.33. The van der Waals surface area contributed by atoms with Crippen LogP contribution in [0.1, 0.15) is 37.8 Å². The van der Waals surface area contributed by atoms with Crippen molar-refractivity contribution in [1.82, 2.24) is 9.47 Å². The molecule has 0 radical (unpaired) electrons. The van der Waals surface area contributed by atoms with Gasteiger partial charge >= 0.3 is 0 Å². The molecule has 1 fully saturated rings. The Kier molecular flexibility index (Phi) is 5.56. The minimum Gasteiger partial charge on any atom is -0.377 e. The van der Waals surface area contributed by atoms with Gasteiger partial charge in [0.1, 0.15) is 0 Å². The second-order valence-electron chi connectivity index (χ2n) is 8.35. The van der Waals surface area contributed by atoms with Gasteiger partial charge in [0, 0.05) is 50.7 Å². The zero-order valence-electron chi connectivity index (χ0n) is 17.2. The van der Waals surface area contributed by atoms with Crippen molar-refractivity contribution >= 4 is 11.4 Å². The quantitative estimate of drug-likeness (QED) is 0.736. The molecule has 1 aromatic heterocycles. The number of pyridine rings is 1. The van der Waals surface area contributed by atoms with Crippen LogP contribution in [0, 0.1) is 0 Å². The Morgan fingerprint density at radius 2 is 1.93 bits per heavy atom. The van der Waals surface area contributed by atoms with Gasteiger partial charge in [0.25, 0.3) is 0 Å². The molecule has 0 amide bonds. The second-order valence-corrected chi connectivity index (χ2v) is 8.35. The number of hydrogen-bond acceptors (Lipinski definition) is 4. The summed E-state index contributed by atoms with van der Waals surface area (Å²) in [5.41, 5.74) is 5.10. The lowest BCUT2D eigenvalue weighted by molar-refractivity contribution is 0.0878. The highest BCUT2D eigenvalue weighted by Crippen LogP contribution is 2.31. The molecule has 1 saturated carbocycles. The third-order valence-corrected chi connectivity index (χ3v) is 5.71. The minimum atomic E-state index is 0.0157. The summed E-state index contributed by atoms with van der Waals surface area (Å²) >= 11 is 0. The van der Waals surface area contributed by atoms with Crippen LogP contribution in [0.3, 0.4) is 0 Å². The van der Waals surface area contributed by atoms with Crippen molar-refractivity contribution in [1.29, 1.82) is 0 Å². The third kappa shape index (κ3) is 4.31. The smallest absolute Gasteiger partial charge is 0.250 e. The van der Waals surface area contributed by atoms with E-state index in [1.165, 1.54) is 29.7 Å². The van der Waals surface area contributed by atoms with Gasteiger partial charge in [0.2, 0.25) is 5.56 Å². The Balaban J connectivity index is 1.53. The highest BCUT2D eigenvalue weighted by Gasteiger charge is 2.23. The summed E-state index contributed by atoms with van der Waals surface area (Å²) in [4.78, 5) is 16.6. The van der Waals surface area contributed by atoms with Crippen molar-refractivity contribution in [2.24, 2.45) is 7.05 Å². The van der Waals surface area contributed by atoms with Crippen LogP contribution in [0.2, 0.25) is 0 Å². The first-order valence-electron chi connectivity index (χ1n) is 10.4. The summed E-state index contributed by atoms with van der Waals surface area (Å²) in [5, 5.41) is 0. The molecule has 150 valence electrons. The first-order valence-corrected chi connectivity index (χ1v) is 10.4. The van der Waals surface area contributed by atoms with Gasteiger partial charge in [-0.1, -0.05) is 6.07 Å². The average Bonchev–Trinajstić information content (AvgIpc) is 3.49. The summed E-state index contributed by atoms with van der Waals surface area (Å²) in [7, 11) is 1.80. The number of nitrogens with zero attached hydrogens (tertiary/aromatic N) is 3. The summed E-state index contributed by atoms with van der Waals surface area (Å²) in [5.74, 6) is 0. The van der Waals surface area contributed by atoms with Gasteiger partial charge in [0.15, 0.2) is 0 Å². The van der Waals surface area contributed by atoms with Crippen LogP contribution in [0.5, 0.6) is 0 Å². The van der Waals surface area contributed by atoms with Gasteiger partial charge in [-0.2, -0.15) is 0 Å². The Bertz CT molecular complexity index is 886. The molecule has 0 spiro atoms. The van der Waals surface area contributed by atoms with Gasteiger partial charge in [-0.15, -0.1) is 0 Å². The monoisotopic (exact) mass is 381 g/mol. The average molecular weight is 382 g/mol. The molecule has 0 bridgehead atoms. The maximum atomic E-state index is 11.8. The fourth-order valence-corrected chi connectivity index (χ4v) is 3.99. The van der Waals surface area contributed by atoms with Gasteiger partial charge in [-0.05, 0) is 62.4 Å². The number of ether oxygens (including phenoxy) is 1. The molecule has 28 heavy (non-hydrogen) atoms. The molecular formula is C23H31N3O2. The number of fused-ring (bicyclic) bond motifs is 1. The number of anilines is 2. The lowest BCUT2D eigenvalue weighted by Crippen LogP contribution is -2.34. The number of hydrogen-bond donors (Lipinski definition) is 0. The fraction of sp³-hybridized carbons (Fsp3) is 0.522. The lowest BCUT2D eigenvalue weighted by atomic mass is 9.98. The summed E-state index contributed by atoms with van der Waals surface area (Å²) in [6.07, 6.45) is 6.03. The van der Waals surface area contributed by atoms with E-state index in [0.29, 0.717) is 12.1 Å². The van der Waals surface area contributed by atoms with E-state index in [1.807, 2.05) is 12.3 Å². The zero-order chi connectivity index (χ0) is 19.7. The van der Waals surface area contributed by atoms with Crippen molar-refractivity contribution in [2.75, 3.05) is 24.6 Å². The standard InChI is InChI=1S/C23H31N3O2/c1-17(2)26(21-6-9-23(27)24(3)16-21)20-5-4-18-10-11-25(15-19(18)14-20)12-13-28-22-7-8-22/h4-6,9,14,16-17,22H,7-8,10-13,15H2,1-3H3. The predicted octanol–water partition coefficient (Wildman–Crippen LogP) is 3.47. The van der Waals surface area contributed by atoms with Crippen molar-refractivity contribution in [3.05, 3.63) is 58.0 Å². The molecule has 1 aromatic carbocycles. The maximum absolute atomic E-state index is 11.8. The van der Waals surface area contributed by atoms with E-state index in [9.17, 15) is 4.79 Å². The molecule has 5 heteroatoms. The minimum absolute atomic E-state index is 0.0157. The van der Waals surface area contributed by atoms with E-state index in [1.54, 1.807) is 17.7 Å². The molecule has 1 aliphatic heterocycles. The van der Waals surface area contributed by atoms with E-state index in [0.717, 1.165) is 38.3 Å². The van der Waals surface area contributed by atoms with Crippen molar-refractivity contribution in [3.8, 4) is 0 Å². The molecular weight excluding hydrogens is 350 g/mol. The van der Waals surface area contributed by atoms with Crippen LogP contribution in [0.4, 0.5) is 11.4 Å². The van der Waals surface area contributed by atoms with Crippen molar-refractivity contribution in [2.45, 2.75) is 51.8 Å². The first-order chi connectivity index (χ1) is 13.5. The van der Waals surface area contributed by atoms with Gasteiger partial charge in [0.05, 0.1) is 18.4 Å². The van der Waals surface area contributed by atoms with E-state index >= 15 is 0 Å². The number of aromatic nitrogens is 1. The topological polar surface area (TPSA) is 37.7 Å². The summed E-state index contributed by atoms with van der Waals surface area (Å²) < 4.78 is 7.48. The molecule has 4 rings (SSSR count). The first kappa shape index (κ1) is 19.2. The van der Waals surface area contributed by atoms with E-state index in [4.69, 9.17) is 4.74 Å². The Labute approximate surface area is 167 Å². The number of benzene rings is 1. The van der Waals surface area contributed by atoms with Crippen LogP contribution in [-0.4, -0.2) is 41.3 Å². The largest absolute Gasteiger partial charge is 0.377 e. The normalized spacial score (nSPS) is 17.0. The molecule has 2 aromatic rings. The number of rotatable bonds is 7. The van der Waals surface area contributed by atoms with Crippen LogP contribution in [-0.2, 0) is 24.8 Å². The Morgan fingerprint density at radius 1 is 1.14 bits per heavy atom. The molecule has 1 aliphatic carbocycles. The van der Waals surface area contributed by atoms with E-state index in [2.05, 4.69) is 41.8 Å². The number of aryl methyl sites for hydroxylation is 1. The van der Waals surface area contributed by atoms with Crippen LogP contribution in [0.15, 0.2) is 41.3 Å². The summed E-state index contributed by atoms with van der Waals surface area (Å²) in [6, 6.07) is 10.7. The molecule has 5 nitrogen and oxygen atoms in total. The Hall–Kier alpha value is -2.11.